The zero-order chi connectivity index (χ0) is 14.8. The van der Waals surface area contributed by atoms with Gasteiger partial charge in [-0.15, -0.1) is 0 Å². The van der Waals surface area contributed by atoms with Gasteiger partial charge in [-0.25, -0.2) is 12.8 Å². The molecule has 1 aromatic carbocycles. The Bertz CT molecular complexity index is 583. The van der Waals surface area contributed by atoms with E-state index in [1.165, 1.54) is 12.1 Å². The SMILES string of the molecule is O=S(=O)(Cl)CC1(COc2cccc(Cl)c2F)CCCC1. The highest BCUT2D eigenvalue weighted by Gasteiger charge is 2.38. The summed E-state index contributed by atoms with van der Waals surface area (Å²) in [7, 11) is 1.75. The first-order chi connectivity index (χ1) is 9.31. The van der Waals surface area contributed by atoms with Crippen LogP contribution >= 0.6 is 22.3 Å². The molecule has 0 heterocycles. The van der Waals surface area contributed by atoms with E-state index in [0.717, 1.165) is 12.8 Å². The lowest BCUT2D eigenvalue weighted by atomic mass is 9.90. The molecular weight excluding hydrogens is 326 g/mol. The first-order valence-electron chi connectivity index (χ1n) is 6.31. The average Bonchev–Trinajstić information content (AvgIpc) is 2.78. The molecule has 1 saturated carbocycles. The Labute approximate surface area is 127 Å². The van der Waals surface area contributed by atoms with Crippen molar-refractivity contribution in [1.29, 1.82) is 0 Å². The van der Waals surface area contributed by atoms with Crippen LogP contribution in [0.2, 0.25) is 5.02 Å². The Morgan fingerprint density at radius 2 is 1.95 bits per heavy atom. The van der Waals surface area contributed by atoms with Gasteiger partial charge in [-0.1, -0.05) is 30.5 Å². The maximum Gasteiger partial charge on any atom is 0.233 e. The molecule has 1 aliphatic rings. The van der Waals surface area contributed by atoms with Crippen LogP contribution < -0.4 is 4.74 Å². The minimum absolute atomic E-state index is 0.0204. The van der Waals surface area contributed by atoms with Crippen molar-refractivity contribution in [3.05, 3.63) is 29.0 Å². The molecule has 0 atom stereocenters. The standard InChI is InChI=1S/C13H15Cl2FO3S/c14-10-4-3-5-11(12(10)16)19-8-13(6-1-2-7-13)9-20(15,17)18/h3-5H,1-2,6-9H2. The lowest BCUT2D eigenvalue weighted by Gasteiger charge is -2.27. The van der Waals surface area contributed by atoms with Crippen LogP contribution in [0.5, 0.6) is 5.75 Å². The Balaban J connectivity index is 2.12. The van der Waals surface area contributed by atoms with Gasteiger partial charge >= 0.3 is 0 Å². The second-order valence-corrected chi connectivity index (χ2v) is 8.42. The highest BCUT2D eigenvalue weighted by molar-refractivity contribution is 8.13. The number of halogens is 3. The van der Waals surface area contributed by atoms with E-state index in [1.54, 1.807) is 6.07 Å². The molecule has 1 fully saturated rings. The molecule has 0 bridgehead atoms. The summed E-state index contributed by atoms with van der Waals surface area (Å²) in [4.78, 5) is 0. The van der Waals surface area contributed by atoms with E-state index in [-0.39, 0.29) is 23.1 Å². The largest absolute Gasteiger partial charge is 0.490 e. The summed E-state index contributed by atoms with van der Waals surface area (Å²) in [5.41, 5.74) is -0.532. The molecule has 0 spiro atoms. The highest BCUT2D eigenvalue weighted by atomic mass is 35.7. The summed E-state index contributed by atoms with van der Waals surface area (Å²) >= 11 is 5.68. The molecule has 2 rings (SSSR count). The summed E-state index contributed by atoms with van der Waals surface area (Å²) < 4.78 is 41.9. The predicted octanol–water partition coefficient (Wildman–Crippen LogP) is 3.99. The van der Waals surface area contributed by atoms with Crippen LogP contribution in [-0.2, 0) is 9.05 Å². The Morgan fingerprint density at radius 1 is 1.30 bits per heavy atom. The molecule has 1 aromatic rings. The van der Waals surface area contributed by atoms with Gasteiger partial charge in [0.05, 0.1) is 17.4 Å². The van der Waals surface area contributed by atoms with Crippen molar-refractivity contribution in [2.24, 2.45) is 5.41 Å². The van der Waals surface area contributed by atoms with Crippen LogP contribution in [0.3, 0.4) is 0 Å². The number of hydrogen-bond acceptors (Lipinski definition) is 3. The summed E-state index contributed by atoms with van der Waals surface area (Å²) in [6, 6.07) is 4.48. The van der Waals surface area contributed by atoms with Crippen LogP contribution in [-0.4, -0.2) is 20.8 Å². The van der Waals surface area contributed by atoms with Crippen LogP contribution in [0, 0.1) is 11.2 Å². The lowest BCUT2D eigenvalue weighted by Crippen LogP contribution is -2.32. The monoisotopic (exact) mass is 340 g/mol. The Kier molecular flexibility index (Phi) is 4.82. The van der Waals surface area contributed by atoms with Crippen molar-refractivity contribution in [3.63, 3.8) is 0 Å². The van der Waals surface area contributed by atoms with Crippen molar-refractivity contribution < 1.29 is 17.5 Å². The normalized spacial score (nSPS) is 18.1. The van der Waals surface area contributed by atoms with Crippen LogP contribution in [0.1, 0.15) is 25.7 Å². The van der Waals surface area contributed by atoms with Gasteiger partial charge < -0.3 is 4.74 Å². The van der Waals surface area contributed by atoms with E-state index in [2.05, 4.69) is 0 Å². The molecule has 0 aromatic heterocycles. The highest BCUT2D eigenvalue weighted by Crippen LogP contribution is 2.40. The molecule has 3 nitrogen and oxygen atoms in total. The summed E-state index contributed by atoms with van der Waals surface area (Å²) in [6.07, 6.45) is 3.27. The molecule has 0 N–H and O–H groups in total. The molecule has 0 unspecified atom stereocenters. The third kappa shape index (κ3) is 3.99. The van der Waals surface area contributed by atoms with E-state index in [9.17, 15) is 12.8 Å². The first-order valence-corrected chi connectivity index (χ1v) is 9.16. The molecule has 0 aliphatic heterocycles. The van der Waals surface area contributed by atoms with E-state index >= 15 is 0 Å². The number of benzene rings is 1. The molecular formula is C13H15Cl2FO3S. The van der Waals surface area contributed by atoms with Gasteiger partial charge in [0.25, 0.3) is 0 Å². The second kappa shape index (κ2) is 6.08. The van der Waals surface area contributed by atoms with Gasteiger partial charge in [-0.3, -0.25) is 0 Å². The first kappa shape index (κ1) is 15.9. The lowest BCUT2D eigenvalue weighted by molar-refractivity contribution is 0.165. The van der Waals surface area contributed by atoms with Crippen LogP contribution in [0.25, 0.3) is 0 Å². The fourth-order valence-corrected chi connectivity index (χ4v) is 4.61. The minimum Gasteiger partial charge on any atom is -0.490 e. The van der Waals surface area contributed by atoms with Gasteiger partial charge in [0.15, 0.2) is 11.6 Å². The summed E-state index contributed by atoms with van der Waals surface area (Å²) in [5.74, 6) is -0.740. The van der Waals surface area contributed by atoms with E-state index in [0.29, 0.717) is 12.8 Å². The van der Waals surface area contributed by atoms with Crippen LogP contribution in [0.4, 0.5) is 4.39 Å². The average molecular weight is 341 g/mol. The van der Waals surface area contributed by atoms with Crippen molar-refractivity contribution in [2.75, 3.05) is 12.4 Å². The minimum atomic E-state index is -3.62. The zero-order valence-corrected chi connectivity index (χ0v) is 13.1. The maximum atomic E-state index is 13.7. The Hall–Kier alpha value is -0.520. The smallest absolute Gasteiger partial charge is 0.233 e. The molecule has 1 aliphatic carbocycles. The van der Waals surface area contributed by atoms with Crippen LogP contribution in [0.15, 0.2) is 18.2 Å². The number of rotatable bonds is 5. The molecule has 0 saturated heterocycles. The van der Waals surface area contributed by atoms with Crippen molar-refractivity contribution >= 4 is 31.3 Å². The summed E-state index contributed by atoms with van der Waals surface area (Å²) in [6.45, 7) is 0.121. The van der Waals surface area contributed by atoms with E-state index < -0.39 is 20.3 Å². The second-order valence-electron chi connectivity index (χ2n) is 5.23. The predicted molar refractivity (Wildman–Crippen MR) is 77.4 cm³/mol. The summed E-state index contributed by atoms with van der Waals surface area (Å²) in [5, 5.41) is -0.0204. The fraction of sp³-hybridized carbons (Fsp3) is 0.538. The zero-order valence-electron chi connectivity index (χ0n) is 10.7. The van der Waals surface area contributed by atoms with Gasteiger partial charge in [0, 0.05) is 16.1 Å². The molecule has 0 radical (unpaired) electrons. The van der Waals surface area contributed by atoms with Crippen molar-refractivity contribution in [2.45, 2.75) is 25.7 Å². The third-order valence-corrected chi connectivity index (χ3v) is 5.17. The molecule has 20 heavy (non-hydrogen) atoms. The number of hydrogen-bond donors (Lipinski definition) is 0. The quantitative estimate of drug-likeness (QED) is 0.761. The molecule has 112 valence electrons. The topological polar surface area (TPSA) is 43.4 Å². The van der Waals surface area contributed by atoms with E-state index in [1.807, 2.05) is 0 Å². The number of ether oxygens (including phenoxy) is 1. The Morgan fingerprint density at radius 3 is 2.55 bits per heavy atom. The van der Waals surface area contributed by atoms with Crippen molar-refractivity contribution in [1.82, 2.24) is 0 Å². The van der Waals surface area contributed by atoms with Gasteiger partial charge in [0.2, 0.25) is 9.05 Å². The van der Waals surface area contributed by atoms with Gasteiger partial charge in [0.1, 0.15) is 0 Å². The van der Waals surface area contributed by atoms with Gasteiger partial charge in [-0.2, -0.15) is 0 Å². The molecule has 0 amide bonds. The van der Waals surface area contributed by atoms with Crippen molar-refractivity contribution in [3.8, 4) is 5.75 Å². The van der Waals surface area contributed by atoms with E-state index in [4.69, 9.17) is 27.0 Å². The fourth-order valence-electron chi connectivity index (χ4n) is 2.65. The van der Waals surface area contributed by atoms with Gasteiger partial charge in [-0.05, 0) is 25.0 Å². The third-order valence-electron chi connectivity index (χ3n) is 3.59. The maximum absolute atomic E-state index is 13.7. The molecule has 7 heteroatoms.